The van der Waals surface area contributed by atoms with Gasteiger partial charge in [-0.1, -0.05) is 60.7 Å². The Labute approximate surface area is 144 Å². The van der Waals surface area contributed by atoms with Gasteiger partial charge < -0.3 is 5.73 Å². The molecule has 0 aliphatic carbocycles. The molecule has 0 saturated heterocycles. The molecule has 2 heterocycles. The van der Waals surface area contributed by atoms with Crippen LogP contribution in [0.3, 0.4) is 0 Å². The average Bonchev–Trinajstić information content (AvgIpc) is 2.98. The number of carbonyl (C=O) groups is 1. The molecule has 0 spiro atoms. The van der Waals surface area contributed by atoms with Gasteiger partial charge in [0.1, 0.15) is 5.92 Å². The lowest BCUT2D eigenvalue weighted by Gasteiger charge is -2.29. The molecule has 4 rings (SSSR count). The third kappa shape index (κ3) is 2.34. The minimum absolute atomic E-state index is 0.194. The van der Waals surface area contributed by atoms with Crippen molar-refractivity contribution in [3.63, 3.8) is 0 Å². The summed E-state index contributed by atoms with van der Waals surface area (Å²) in [5.41, 5.74) is 11.9. The van der Waals surface area contributed by atoms with Crippen LogP contribution in [-0.4, -0.2) is 15.6 Å². The van der Waals surface area contributed by atoms with E-state index < -0.39 is 11.8 Å². The van der Waals surface area contributed by atoms with Crippen LogP contribution in [-0.2, 0) is 4.79 Å². The van der Waals surface area contributed by atoms with E-state index in [1.807, 2.05) is 60.7 Å². The molecule has 1 aliphatic heterocycles. The van der Waals surface area contributed by atoms with Crippen LogP contribution < -0.4 is 11.2 Å². The minimum Gasteiger partial charge on any atom is -0.368 e. The van der Waals surface area contributed by atoms with Gasteiger partial charge in [-0.2, -0.15) is 5.26 Å². The fourth-order valence-corrected chi connectivity index (χ4v) is 3.30. The van der Waals surface area contributed by atoms with E-state index in [0.717, 1.165) is 16.8 Å². The molecule has 0 radical (unpaired) electrons. The van der Waals surface area contributed by atoms with Gasteiger partial charge in [-0.3, -0.25) is 10.2 Å². The zero-order chi connectivity index (χ0) is 17.4. The Morgan fingerprint density at radius 1 is 1.08 bits per heavy atom. The van der Waals surface area contributed by atoms with Crippen molar-refractivity contribution < 1.29 is 4.79 Å². The van der Waals surface area contributed by atoms with Crippen molar-refractivity contribution in [1.29, 1.82) is 5.26 Å². The molecule has 0 unspecified atom stereocenters. The molecule has 0 bridgehead atoms. The molecule has 122 valence electrons. The maximum absolute atomic E-state index is 12.4. The minimum atomic E-state index is -0.853. The summed E-state index contributed by atoms with van der Waals surface area (Å²) in [5.74, 6) is -1.49. The highest BCUT2D eigenvalue weighted by Gasteiger charge is 2.41. The van der Waals surface area contributed by atoms with Crippen molar-refractivity contribution in [1.82, 2.24) is 9.66 Å². The van der Waals surface area contributed by atoms with E-state index in [2.05, 4.69) is 16.5 Å². The first-order valence-corrected chi connectivity index (χ1v) is 7.89. The molecule has 1 amide bonds. The second-order valence-electron chi connectivity index (χ2n) is 5.88. The van der Waals surface area contributed by atoms with Crippen molar-refractivity contribution in [2.45, 2.75) is 5.92 Å². The van der Waals surface area contributed by atoms with Crippen molar-refractivity contribution >= 4 is 11.9 Å². The molecule has 6 nitrogen and oxygen atoms in total. The summed E-state index contributed by atoms with van der Waals surface area (Å²) in [6, 6.07) is 21.3. The number of nitrogens with two attached hydrogens (primary N) is 1. The van der Waals surface area contributed by atoms with Crippen LogP contribution in [0.15, 0.2) is 60.7 Å². The van der Waals surface area contributed by atoms with E-state index in [-0.39, 0.29) is 11.9 Å². The van der Waals surface area contributed by atoms with Crippen LogP contribution >= 0.6 is 0 Å². The topological polar surface area (TPSA) is 96.7 Å². The van der Waals surface area contributed by atoms with Gasteiger partial charge in [0.15, 0.2) is 0 Å². The number of nitrogens with one attached hydrogen (secondary N) is 1. The number of nitriles is 1. The highest BCUT2D eigenvalue weighted by Crippen LogP contribution is 2.41. The Morgan fingerprint density at radius 3 is 2.36 bits per heavy atom. The lowest BCUT2D eigenvalue weighted by Crippen LogP contribution is -2.40. The third-order valence-electron chi connectivity index (χ3n) is 4.42. The van der Waals surface area contributed by atoms with Gasteiger partial charge in [-0.05, 0) is 5.56 Å². The molecule has 0 saturated carbocycles. The number of hydrogen-bond donors (Lipinski definition) is 2. The highest BCUT2D eigenvalue weighted by atomic mass is 16.2. The highest BCUT2D eigenvalue weighted by molar-refractivity contribution is 5.92. The zero-order valence-corrected chi connectivity index (χ0v) is 13.3. The van der Waals surface area contributed by atoms with Gasteiger partial charge in [0.2, 0.25) is 5.95 Å². The molecule has 2 atom stereocenters. The summed E-state index contributed by atoms with van der Waals surface area (Å²) in [4.78, 5) is 16.9. The normalized spacial score (nSPS) is 18.9. The first-order chi connectivity index (χ1) is 12.2. The molecule has 0 fully saturated rings. The summed E-state index contributed by atoms with van der Waals surface area (Å²) >= 11 is 0. The van der Waals surface area contributed by atoms with Gasteiger partial charge in [-0.25, -0.2) is 9.66 Å². The number of imidazole rings is 1. The predicted octanol–water partition coefficient (Wildman–Crippen LogP) is 2.49. The van der Waals surface area contributed by atoms with E-state index in [1.54, 1.807) is 0 Å². The Hall–Kier alpha value is -3.59. The van der Waals surface area contributed by atoms with Crippen molar-refractivity contribution in [2.75, 3.05) is 11.2 Å². The van der Waals surface area contributed by atoms with Crippen LogP contribution in [0.2, 0.25) is 0 Å². The number of fused-ring (bicyclic) bond motifs is 1. The Morgan fingerprint density at radius 2 is 1.72 bits per heavy atom. The number of amides is 1. The number of aromatic nitrogens is 2. The third-order valence-corrected chi connectivity index (χ3v) is 4.42. The van der Waals surface area contributed by atoms with Crippen molar-refractivity contribution in [2.24, 2.45) is 5.92 Å². The number of hydrogen-bond acceptors (Lipinski definition) is 4. The van der Waals surface area contributed by atoms with Crippen molar-refractivity contribution in [3.05, 3.63) is 71.9 Å². The van der Waals surface area contributed by atoms with E-state index in [9.17, 15) is 10.1 Å². The molecule has 25 heavy (non-hydrogen) atoms. The standard InChI is InChI=1S/C19H15N5O/c20-11-14-15(12-7-3-1-4-8-12)17-16(13-9-5-2-6-10-13)22-19(21)24(17)23-18(14)25/h1-10,14-15H,(H2,21,22)(H,23,25)/t14-,15-/m0/s1. The zero-order valence-electron chi connectivity index (χ0n) is 13.3. The number of rotatable bonds is 2. The number of carbonyl (C=O) groups excluding carboxylic acids is 1. The molecule has 2 aromatic carbocycles. The van der Waals surface area contributed by atoms with E-state index in [1.165, 1.54) is 4.68 Å². The first-order valence-electron chi connectivity index (χ1n) is 7.89. The quantitative estimate of drug-likeness (QED) is 0.755. The molecule has 1 aliphatic rings. The van der Waals surface area contributed by atoms with Crippen LogP contribution in [0, 0.1) is 17.2 Å². The van der Waals surface area contributed by atoms with E-state index in [4.69, 9.17) is 5.73 Å². The molecule has 3 aromatic rings. The van der Waals surface area contributed by atoms with Gasteiger partial charge in [0.25, 0.3) is 5.91 Å². The summed E-state index contributed by atoms with van der Waals surface area (Å²) in [6.07, 6.45) is 0. The van der Waals surface area contributed by atoms with Gasteiger partial charge in [0.05, 0.1) is 23.4 Å². The van der Waals surface area contributed by atoms with Crippen LogP contribution in [0.25, 0.3) is 11.3 Å². The smallest absolute Gasteiger partial charge is 0.257 e. The van der Waals surface area contributed by atoms with Crippen LogP contribution in [0.4, 0.5) is 5.95 Å². The summed E-state index contributed by atoms with van der Waals surface area (Å²) < 4.78 is 1.50. The number of nitrogen functional groups attached to an aromatic ring is 1. The SMILES string of the molecule is N#C[C@@H]1C(=O)Nn2c(N)nc(-c3ccccc3)c2[C@H]1c1ccccc1. The van der Waals surface area contributed by atoms with Crippen LogP contribution in [0.5, 0.6) is 0 Å². The Bertz CT molecular complexity index is 972. The van der Waals surface area contributed by atoms with E-state index >= 15 is 0 Å². The Balaban J connectivity index is 1.99. The second kappa shape index (κ2) is 5.80. The molecule has 1 aromatic heterocycles. The summed E-state index contributed by atoms with van der Waals surface area (Å²) in [7, 11) is 0. The fourth-order valence-electron chi connectivity index (χ4n) is 3.30. The molecular formula is C19H15N5O. The van der Waals surface area contributed by atoms with Crippen molar-refractivity contribution in [3.8, 4) is 17.3 Å². The van der Waals surface area contributed by atoms with E-state index in [0.29, 0.717) is 5.69 Å². The van der Waals surface area contributed by atoms with Gasteiger partial charge in [0, 0.05) is 5.56 Å². The second-order valence-corrected chi connectivity index (χ2v) is 5.88. The predicted molar refractivity (Wildman–Crippen MR) is 93.8 cm³/mol. The number of nitrogens with zero attached hydrogens (tertiary/aromatic N) is 3. The van der Waals surface area contributed by atoms with Crippen LogP contribution in [0.1, 0.15) is 17.2 Å². The number of benzene rings is 2. The first kappa shape index (κ1) is 15.0. The lowest BCUT2D eigenvalue weighted by molar-refractivity contribution is -0.120. The van der Waals surface area contributed by atoms with Gasteiger partial charge >= 0.3 is 0 Å². The fraction of sp³-hybridized carbons (Fsp3) is 0.105. The lowest BCUT2D eigenvalue weighted by atomic mass is 9.81. The summed E-state index contributed by atoms with van der Waals surface area (Å²) in [5, 5.41) is 9.62. The van der Waals surface area contributed by atoms with Gasteiger partial charge in [-0.15, -0.1) is 0 Å². The Kier molecular flexibility index (Phi) is 3.47. The molecule has 6 heteroatoms. The molecule has 3 N–H and O–H groups in total. The molecular weight excluding hydrogens is 314 g/mol. The monoisotopic (exact) mass is 329 g/mol. The largest absolute Gasteiger partial charge is 0.368 e. The maximum Gasteiger partial charge on any atom is 0.257 e. The number of anilines is 1. The summed E-state index contributed by atoms with van der Waals surface area (Å²) in [6.45, 7) is 0. The average molecular weight is 329 g/mol. The maximum atomic E-state index is 12.4.